The van der Waals surface area contributed by atoms with Crippen molar-refractivity contribution in [3.05, 3.63) is 82.5 Å². The average molecular weight is 777 g/mol. The number of rotatable bonds is 9. The normalized spacial score (nSPS) is 19.0. The van der Waals surface area contributed by atoms with E-state index < -0.39 is 112 Å². The van der Waals surface area contributed by atoms with Crippen molar-refractivity contribution in [2.45, 2.75) is 56.0 Å². The molecule has 1 aliphatic carbocycles. The van der Waals surface area contributed by atoms with E-state index in [0.29, 0.717) is 37.4 Å². The number of aliphatic hydroxyl groups is 1. The van der Waals surface area contributed by atoms with Gasteiger partial charge in [-0.25, -0.2) is 28.1 Å². The van der Waals surface area contributed by atoms with Gasteiger partial charge in [0.1, 0.15) is 30.0 Å². The fourth-order valence-corrected chi connectivity index (χ4v) is 6.79. The Labute approximate surface area is 300 Å². The number of anilines is 1. The third kappa shape index (κ3) is 7.40. The van der Waals surface area contributed by atoms with Gasteiger partial charge in [0.15, 0.2) is 11.6 Å². The molecule has 1 saturated heterocycles. The van der Waals surface area contributed by atoms with Gasteiger partial charge in [-0.1, -0.05) is 18.9 Å². The van der Waals surface area contributed by atoms with Gasteiger partial charge in [-0.2, -0.15) is 30.7 Å². The van der Waals surface area contributed by atoms with Gasteiger partial charge in [0.05, 0.1) is 42.1 Å². The van der Waals surface area contributed by atoms with E-state index in [1.807, 2.05) is 0 Å². The number of aromatic nitrogens is 2. The lowest BCUT2D eigenvalue weighted by molar-refractivity contribution is -0.163. The zero-order chi connectivity index (χ0) is 39.4. The van der Waals surface area contributed by atoms with E-state index in [4.69, 9.17) is 4.74 Å². The lowest BCUT2D eigenvalue weighted by atomic mass is 9.88. The van der Waals surface area contributed by atoms with E-state index in [2.05, 4.69) is 15.3 Å². The monoisotopic (exact) mass is 776 g/mol. The Morgan fingerprint density at radius 3 is 2.28 bits per heavy atom. The second-order valence-corrected chi connectivity index (χ2v) is 13.1. The number of amides is 2. The lowest BCUT2D eigenvalue weighted by Gasteiger charge is -2.48. The Bertz CT molecular complexity index is 1990. The third-order valence-electron chi connectivity index (χ3n) is 9.62. The molecule has 0 radical (unpaired) electrons. The molecule has 1 aromatic heterocycles. The van der Waals surface area contributed by atoms with Crippen molar-refractivity contribution >= 4 is 17.5 Å². The van der Waals surface area contributed by atoms with Crippen LogP contribution in [-0.4, -0.2) is 86.6 Å². The van der Waals surface area contributed by atoms with Gasteiger partial charge in [-0.3, -0.25) is 19.5 Å². The maximum Gasteiger partial charge on any atom is 0.433 e. The SMILES string of the molecule is CN1N(Cc2ccc(OCCN3CC(F)(F)C3)c(F)c2F)C(=O)C(C(=O)Nc2ccc(C(F)(F)F)cc2-c2cc(C(F)(F)F)ncn2)=C(O)C12CCCC2. The van der Waals surface area contributed by atoms with Crippen LogP contribution < -0.4 is 10.1 Å². The minimum Gasteiger partial charge on any atom is -0.509 e. The molecule has 3 heterocycles. The largest absolute Gasteiger partial charge is 0.509 e. The minimum atomic E-state index is -5.01. The number of benzene rings is 2. The van der Waals surface area contributed by atoms with Crippen LogP contribution in [0.5, 0.6) is 5.75 Å². The Balaban J connectivity index is 1.30. The molecule has 1 saturated carbocycles. The molecule has 290 valence electrons. The number of carbonyl (C=O) groups is 2. The van der Waals surface area contributed by atoms with Crippen molar-refractivity contribution in [3.63, 3.8) is 0 Å². The Morgan fingerprint density at radius 2 is 1.65 bits per heavy atom. The number of halogens is 10. The number of carbonyl (C=O) groups excluding carboxylic acids is 2. The van der Waals surface area contributed by atoms with E-state index in [9.17, 15) is 49.8 Å². The molecule has 2 N–H and O–H groups in total. The molecule has 0 bridgehead atoms. The summed E-state index contributed by atoms with van der Waals surface area (Å²) in [4.78, 5) is 36.0. The standard InChI is InChI=1S/C34H30F10N6O4/c1-48-31(8-2-3-9-31)28(51)25(30(53)50(48)14-18-4-7-23(27(36)26(18)35)54-11-10-49-15-32(37,38)16-49)29(52)47-21-6-5-19(33(39,40)41)12-20(21)22-13-24(34(42,43)44)46-17-45-22/h4-7,12-13,17,51H,2-3,8-11,14-16H2,1H3,(H,47,52). The number of hydrogen-bond donors (Lipinski definition) is 2. The van der Waals surface area contributed by atoms with Crippen molar-refractivity contribution in [3.8, 4) is 17.0 Å². The summed E-state index contributed by atoms with van der Waals surface area (Å²) >= 11 is 0. The fourth-order valence-electron chi connectivity index (χ4n) is 6.79. The highest BCUT2D eigenvalue weighted by molar-refractivity contribution is 6.24. The quantitative estimate of drug-likeness (QED) is 0.182. The van der Waals surface area contributed by atoms with E-state index in [1.165, 1.54) is 17.0 Å². The molecule has 1 spiro atoms. The number of likely N-dealkylation sites (N-methyl/N-ethyl adjacent to an activating group) is 1. The highest BCUT2D eigenvalue weighted by Crippen LogP contribution is 2.45. The molecule has 0 atom stereocenters. The van der Waals surface area contributed by atoms with Gasteiger partial charge in [0, 0.05) is 24.7 Å². The zero-order valence-electron chi connectivity index (χ0n) is 28.1. The van der Waals surface area contributed by atoms with Crippen LogP contribution in [0.3, 0.4) is 0 Å². The van der Waals surface area contributed by atoms with Crippen LogP contribution in [0.25, 0.3) is 11.3 Å². The fraction of sp³-hybridized carbons (Fsp3) is 0.412. The molecule has 6 rings (SSSR count). The highest BCUT2D eigenvalue weighted by Gasteiger charge is 2.53. The van der Waals surface area contributed by atoms with Gasteiger partial charge in [0.25, 0.3) is 17.7 Å². The number of nitrogens with one attached hydrogen (secondary N) is 1. The van der Waals surface area contributed by atoms with Crippen LogP contribution in [0.1, 0.15) is 42.5 Å². The minimum absolute atomic E-state index is 0.0237. The Kier molecular flexibility index (Phi) is 10.1. The van der Waals surface area contributed by atoms with Crippen LogP contribution in [0, 0.1) is 11.6 Å². The van der Waals surface area contributed by atoms with Crippen LogP contribution >= 0.6 is 0 Å². The van der Waals surface area contributed by atoms with Crippen molar-refractivity contribution in [2.24, 2.45) is 0 Å². The topological polar surface area (TPSA) is 111 Å². The number of nitrogens with zero attached hydrogens (tertiary/aromatic N) is 5. The molecular formula is C34H30F10N6O4. The zero-order valence-corrected chi connectivity index (χ0v) is 28.1. The van der Waals surface area contributed by atoms with Crippen molar-refractivity contribution in [1.29, 1.82) is 0 Å². The number of hydrazine groups is 1. The van der Waals surface area contributed by atoms with Crippen molar-refractivity contribution in [2.75, 3.05) is 38.6 Å². The molecular weight excluding hydrogens is 746 g/mol. The molecule has 2 aromatic carbocycles. The van der Waals surface area contributed by atoms with Crippen LogP contribution in [0.2, 0.25) is 0 Å². The average Bonchev–Trinajstić information content (AvgIpc) is 3.59. The molecule has 0 unspecified atom stereocenters. The molecule has 20 heteroatoms. The molecule has 2 fully saturated rings. The van der Waals surface area contributed by atoms with Crippen LogP contribution in [0.15, 0.2) is 54.1 Å². The first kappa shape index (κ1) is 38.7. The van der Waals surface area contributed by atoms with Gasteiger partial charge in [-0.15, -0.1) is 0 Å². The van der Waals surface area contributed by atoms with Crippen LogP contribution in [-0.2, 0) is 28.5 Å². The molecule has 10 nitrogen and oxygen atoms in total. The Morgan fingerprint density at radius 1 is 0.963 bits per heavy atom. The predicted molar refractivity (Wildman–Crippen MR) is 169 cm³/mol. The highest BCUT2D eigenvalue weighted by atomic mass is 19.4. The van der Waals surface area contributed by atoms with E-state index in [-0.39, 0.29) is 31.6 Å². The second kappa shape index (κ2) is 14.0. The first-order valence-electron chi connectivity index (χ1n) is 16.3. The molecule has 3 aliphatic rings. The van der Waals surface area contributed by atoms with Crippen molar-refractivity contribution in [1.82, 2.24) is 24.9 Å². The summed E-state index contributed by atoms with van der Waals surface area (Å²) < 4.78 is 143. The number of ether oxygens (including phenoxy) is 1. The maximum atomic E-state index is 15.4. The van der Waals surface area contributed by atoms with E-state index >= 15 is 8.78 Å². The number of hydrogen-bond acceptors (Lipinski definition) is 8. The predicted octanol–water partition coefficient (Wildman–Crippen LogP) is 6.74. The van der Waals surface area contributed by atoms with Crippen LogP contribution in [0.4, 0.5) is 49.6 Å². The first-order valence-corrected chi connectivity index (χ1v) is 16.3. The van der Waals surface area contributed by atoms with Gasteiger partial charge >= 0.3 is 12.4 Å². The molecule has 2 amide bonds. The Hall–Kier alpha value is -4.98. The summed E-state index contributed by atoms with van der Waals surface area (Å²) in [5.74, 6) is -9.49. The maximum absolute atomic E-state index is 15.4. The lowest BCUT2D eigenvalue weighted by Crippen LogP contribution is -2.62. The van der Waals surface area contributed by atoms with E-state index in [0.717, 1.165) is 23.2 Å². The summed E-state index contributed by atoms with van der Waals surface area (Å²) in [5, 5.41) is 15.9. The van der Waals surface area contributed by atoms with Crippen molar-refractivity contribution < 1.29 is 63.3 Å². The summed E-state index contributed by atoms with van der Waals surface area (Å²) in [6.45, 7) is -1.88. The number of alkyl halides is 8. The number of likely N-dealkylation sites (tertiary alicyclic amines) is 1. The molecule has 2 aliphatic heterocycles. The smallest absolute Gasteiger partial charge is 0.433 e. The molecule has 3 aromatic rings. The molecule has 54 heavy (non-hydrogen) atoms. The second-order valence-electron chi connectivity index (χ2n) is 13.1. The van der Waals surface area contributed by atoms with E-state index in [1.54, 1.807) is 0 Å². The van der Waals surface area contributed by atoms with Gasteiger partial charge in [-0.05, 0) is 43.2 Å². The number of aliphatic hydroxyl groups excluding tert-OH is 1. The van der Waals surface area contributed by atoms with Gasteiger partial charge in [0.2, 0.25) is 5.82 Å². The third-order valence-corrected chi connectivity index (χ3v) is 9.62. The first-order chi connectivity index (χ1) is 25.2. The summed E-state index contributed by atoms with van der Waals surface area (Å²) in [7, 11) is 1.39. The summed E-state index contributed by atoms with van der Waals surface area (Å²) in [6, 6.07) is 4.28. The summed E-state index contributed by atoms with van der Waals surface area (Å²) in [5.41, 5.74) is -7.26. The summed E-state index contributed by atoms with van der Waals surface area (Å²) in [6.07, 6.45) is -8.11. The van der Waals surface area contributed by atoms with Gasteiger partial charge < -0.3 is 15.2 Å².